The second-order valence-corrected chi connectivity index (χ2v) is 6.31. The van der Waals surface area contributed by atoms with Gasteiger partial charge in [-0.05, 0) is 48.5 Å². The Morgan fingerprint density at radius 1 is 1.03 bits per heavy atom. The van der Waals surface area contributed by atoms with Gasteiger partial charge in [0.2, 0.25) is 0 Å². The number of methoxy groups -OCH3 is 1. The second-order valence-electron chi connectivity index (χ2n) is 5.87. The average molecular weight is 414 g/mol. The molecule has 0 fully saturated rings. The van der Waals surface area contributed by atoms with E-state index >= 15 is 0 Å². The van der Waals surface area contributed by atoms with Crippen LogP contribution in [0.5, 0.6) is 0 Å². The Balaban J connectivity index is 1.61. The van der Waals surface area contributed by atoms with E-state index in [9.17, 15) is 14.4 Å². The number of nitrogens with one attached hydrogen (secondary N) is 2. The summed E-state index contributed by atoms with van der Waals surface area (Å²) in [5.74, 6) is -1.01. The van der Waals surface area contributed by atoms with Crippen molar-refractivity contribution in [3.8, 4) is 11.3 Å². The number of rotatable bonds is 6. The number of carbonyl (C=O) groups excluding carboxylic acids is 3. The van der Waals surface area contributed by atoms with Crippen LogP contribution < -0.4 is 10.6 Å². The van der Waals surface area contributed by atoms with E-state index in [4.69, 9.17) is 16.1 Å². The lowest BCUT2D eigenvalue weighted by atomic mass is 10.1. The van der Waals surface area contributed by atoms with E-state index in [0.717, 1.165) is 5.56 Å². The molecule has 0 saturated carbocycles. The summed E-state index contributed by atoms with van der Waals surface area (Å²) < 4.78 is 9.67. The largest absolute Gasteiger partial charge is 0.468 e. The molecule has 9 heteroatoms. The van der Waals surface area contributed by atoms with E-state index in [0.29, 0.717) is 22.0 Å². The summed E-state index contributed by atoms with van der Waals surface area (Å²) in [6.45, 7) is -0.226. The lowest BCUT2D eigenvalue weighted by Gasteiger charge is -2.06. The van der Waals surface area contributed by atoms with E-state index in [1.807, 2.05) is 0 Å². The quantitative estimate of drug-likeness (QED) is 0.600. The first kappa shape index (κ1) is 20.1. The highest BCUT2D eigenvalue weighted by Gasteiger charge is 2.14. The second kappa shape index (κ2) is 9.03. The maximum absolute atomic E-state index is 12.4. The minimum atomic E-state index is -0.548. The van der Waals surface area contributed by atoms with Crippen LogP contribution in [0.3, 0.4) is 0 Å². The number of benzene rings is 2. The van der Waals surface area contributed by atoms with Crippen LogP contribution in [0, 0.1) is 0 Å². The molecule has 1 heterocycles. The zero-order chi connectivity index (χ0) is 20.8. The van der Waals surface area contributed by atoms with E-state index in [1.165, 1.54) is 25.3 Å². The normalized spacial score (nSPS) is 10.3. The minimum Gasteiger partial charge on any atom is -0.468 e. The molecule has 0 saturated heterocycles. The third-order valence-electron chi connectivity index (χ3n) is 3.90. The number of ether oxygens (including phenoxy) is 1. The smallest absolute Gasteiger partial charge is 0.325 e. The average Bonchev–Trinajstić information content (AvgIpc) is 3.23. The van der Waals surface area contributed by atoms with Crippen LogP contribution in [0.1, 0.15) is 20.8 Å². The Labute approximate surface area is 170 Å². The Morgan fingerprint density at radius 3 is 2.38 bits per heavy atom. The summed E-state index contributed by atoms with van der Waals surface area (Å²) >= 11 is 5.86. The van der Waals surface area contributed by atoms with Gasteiger partial charge in [0, 0.05) is 27.9 Å². The summed E-state index contributed by atoms with van der Waals surface area (Å²) in [5, 5.41) is 9.46. The molecule has 0 spiro atoms. The van der Waals surface area contributed by atoms with E-state index in [2.05, 4.69) is 20.5 Å². The standard InChI is InChI=1S/C20H16ClN3O5/c1-28-18(25)11-22-19(26)13-4-8-15(9-5-13)23-20(27)16-10-17(29-24-16)12-2-6-14(21)7-3-12/h2-10H,11H2,1H3,(H,22,26)(H,23,27). The molecule has 1 aromatic heterocycles. The molecule has 0 unspecified atom stereocenters. The molecule has 2 N–H and O–H groups in total. The maximum atomic E-state index is 12.4. The van der Waals surface area contributed by atoms with E-state index in [-0.39, 0.29) is 12.2 Å². The summed E-state index contributed by atoms with van der Waals surface area (Å²) in [6, 6.07) is 14.6. The minimum absolute atomic E-state index is 0.106. The Hall–Kier alpha value is -3.65. The number of carbonyl (C=O) groups is 3. The first-order valence-electron chi connectivity index (χ1n) is 8.45. The van der Waals surface area contributed by atoms with Gasteiger partial charge in [0.25, 0.3) is 11.8 Å². The fraction of sp³-hybridized carbons (Fsp3) is 0.100. The van der Waals surface area contributed by atoms with E-state index < -0.39 is 17.8 Å². The van der Waals surface area contributed by atoms with Crippen molar-refractivity contribution in [2.75, 3.05) is 19.0 Å². The summed E-state index contributed by atoms with van der Waals surface area (Å²) in [4.78, 5) is 35.4. The molecule has 0 radical (unpaired) electrons. The van der Waals surface area contributed by atoms with Crippen molar-refractivity contribution in [1.82, 2.24) is 10.5 Å². The fourth-order valence-corrected chi connectivity index (χ4v) is 2.49. The molecule has 0 atom stereocenters. The van der Waals surface area contributed by atoms with Crippen LogP contribution in [0.4, 0.5) is 5.69 Å². The lowest BCUT2D eigenvalue weighted by molar-refractivity contribution is -0.139. The Bertz CT molecular complexity index is 1030. The van der Waals surface area contributed by atoms with Gasteiger partial charge in [0.15, 0.2) is 11.5 Å². The first-order chi connectivity index (χ1) is 14.0. The van der Waals surface area contributed by atoms with Crippen LogP contribution in [0.2, 0.25) is 5.02 Å². The van der Waals surface area contributed by atoms with Crippen LogP contribution in [-0.4, -0.2) is 36.6 Å². The van der Waals surface area contributed by atoms with Gasteiger partial charge in [-0.1, -0.05) is 16.8 Å². The molecular weight excluding hydrogens is 398 g/mol. The molecule has 3 aromatic rings. The van der Waals surface area contributed by atoms with Gasteiger partial charge >= 0.3 is 5.97 Å². The number of esters is 1. The zero-order valence-electron chi connectivity index (χ0n) is 15.3. The zero-order valence-corrected chi connectivity index (χ0v) is 16.0. The summed E-state index contributed by atoms with van der Waals surface area (Å²) in [5.41, 5.74) is 1.65. The first-order valence-corrected chi connectivity index (χ1v) is 8.83. The molecule has 0 aliphatic carbocycles. The molecular formula is C20H16ClN3O5. The highest BCUT2D eigenvalue weighted by Crippen LogP contribution is 2.22. The predicted molar refractivity (Wildman–Crippen MR) is 106 cm³/mol. The molecule has 0 aliphatic heterocycles. The van der Waals surface area contributed by atoms with Crippen molar-refractivity contribution in [2.45, 2.75) is 0 Å². The third kappa shape index (κ3) is 5.20. The highest BCUT2D eigenvalue weighted by atomic mass is 35.5. The van der Waals surface area contributed by atoms with E-state index in [1.54, 1.807) is 36.4 Å². The van der Waals surface area contributed by atoms with Gasteiger partial charge in [-0.15, -0.1) is 0 Å². The molecule has 2 amide bonds. The number of aromatic nitrogens is 1. The number of nitrogens with zero attached hydrogens (tertiary/aromatic N) is 1. The van der Waals surface area contributed by atoms with Crippen molar-refractivity contribution >= 4 is 35.1 Å². The van der Waals surface area contributed by atoms with Crippen molar-refractivity contribution in [2.24, 2.45) is 0 Å². The van der Waals surface area contributed by atoms with Crippen molar-refractivity contribution in [1.29, 1.82) is 0 Å². The molecule has 0 aliphatic rings. The number of halogens is 1. The van der Waals surface area contributed by atoms with Gasteiger partial charge < -0.3 is 19.9 Å². The number of amides is 2. The van der Waals surface area contributed by atoms with Gasteiger partial charge in [0.05, 0.1) is 7.11 Å². The fourth-order valence-electron chi connectivity index (χ4n) is 2.36. The Kier molecular flexibility index (Phi) is 6.25. The van der Waals surface area contributed by atoms with Crippen molar-refractivity contribution in [3.05, 3.63) is 70.9 Å². The molecule has 3 rings (SSSR count). The highest BCUT2D eigenvalue weighted by molar-refractivity contribution is 6.30. The predicted octanol–water partition coefficient (Wildman–Crippen LogP) is 3.15. The van der Waals surface area contributed by atoms with Gasteiger partial charge in [-0.3, -0.25) is 14.4 Å². The van der Waals surface area contributed by atoms with Gasteiger partial charge in [-0.25, -0.2) is 0 Å². The van der Waals surface area contributed by atoms with Crippen LogP contribution >= 0.6 is 11.6 Å². The van der Waals surface area contributed by atoms with Crippen LogP contribution in [-0.2, 0) is 9.53 Å². The van der Waals surface area contributed by atoms with Crippen molar-refractivity contribution < 1.29 is 23.6 Å². The van der Waals surface area contributed by atoms with Gasteiger partial charge in [0.1, 0.15) is 6.54 Å². The molecule has 0 bridgehead atoms. The SMILES string of the molecule is COC(=O)CNC(=O)c1ccc(NC(=O)c2cc(-c3ccc(Cl)cc3)on2)cc1. The lowest BCUT2D eigenvalue weighted by Crippen LogP contribution is -2.30. The summed E-state index contributed by atoms with van der Waals surface area (Å²) in [6.07, 6.45) is 0. The van der Waals surface area contributed by atoms with Crippen LogP contribution in [0.15, 0.2) is 59.1 Å². The molecule has 2 aromatic carbocycles. The molecule has 8 nitrogen and oxygen atoms in total. The number of hydrogen-bond acceptors (Lipinski definition) is 6. The number of hydrogen-bond donors (Lipinski definition) is 2. The third-order valence-corrected chi connectivity index (χ3v) is 4.15. The molecule has 148 valence electrons. The van der Waals surface area contributed by atoms with Crippen molar-refractivity contribution in [3.63, 3.8) is 0 Å². The Morgan fingerprint density at radius 2 is 1.72 bits per heavy atom. The van der Waals surface area contributed by atoms with Gasteiger partial charge in [-0.2, -0.15) is 0 Å². The van der Waals surface area contributed by atoms with Crippen LogP contribution in [0.25, 0.3) is 11.3 Å². The molecule has 29 heavy (non-hydrogen) atoms. The summed E-state index contributed by atoms with van der Waals surface area (Å²) in [7, 11) is 1.24. The number of anilines is 1. The monoisotopic (exact) mass is 413 g/mol. The maximum Gasteiger partial charge on any atom is 0.325 e. The topological polar surface area (TPSA) is 111 Å².